The van der Waals surface area contributed by atoms with E-state index in [-0.39, 0.29) is 0 Å². The maximum atomic E-state index is 5.80. The Morgan fingerprint density at radius 3 is 2.76 bits per heavy atom. The molecule has 5 heteroatoms. The molecule has 0 bridgehead atoms. The lowest BCUT2D eigenvalue weighted by atomic mass is 10.1. The molecule has 4 nitrogen and oxygen atoms in total. The molecule has 1 aromatic rings. The number of aromatic nitrogens is 2. The first-order valence-corrected chi connectivity index (χ1v) is 6.34. The second-order valence-corrected chi connectivity index (χ2v) is 4.90. The Morgan fingerprint density at radius 2 is 2.24 bits per heavy atom. The summed E-state index contributed by atoms with van der Waals surface area (Å²) in [6.45, 7) is 6.90. The summed E-state index contributed by atoms with van der Waals surface area (Å²) in [6.07, 6.45) is 2.32. The Bertz CT molecular complexity index is 401. The van der Waals surface area contributed by atoms with E-state index in [1.807, 2.05) is 14.0 Å². The predicted molar refractivity (Wildman–Crippen MR) is 73.4 cm³/mol. The molecule has 0 saturated carbocycles. The summed E-state index contributed by atoms with van der Waals surface area (Å²) < 4.78 is 7.49. The van der Waals surface area contributed by atoms with E-state index in [0.29, 0.717) is 23.4 Å². The summed E-state index contributed by atoms with van der Waals surface area (Å²) in [5.74, 6) is 1.20. The molecule has 0 fully saturated rings. The van der Waals surface area contributed by atoms with Gasteiger partial charge in [-0.2, -0.15) is 5.10 Å². The van der Waals surface area contributed by atoms with Crippen LogP contribution < -0.4 is 10.5 Å². The maximum Gasteiger partial charge on any atom is 0.222 e. The lowest BCUT2D eigenvalue weighted by Crippen LogP contribution is -2.15. The minimum Gasteiger partial charge on any atom is -0.477 e. The van der Waals surface area contributed by atoms with E-state index in [2.05, 4.69) is 18.9 Å². The van der Waals surface area contributed by atoms with Crippen LogP contribution in [0.1, 0.15) is 37.9 Å². The minimum absolute atomic E-state index is 0.341. The first-order valence-electron chi connectivity index (χ1n) is 5.93. The van der Waals surface area contributed by atoms with Crippen LogP contribution in [0.15, 0.2) is 0 Å². The van der Waals surface area contributed by atoms with Crippen LogP contribution >= 0.6 is 12.2 Å². The fourth-order valence-electron chi connectivity index (χ4n) is 1.88. The van der Waals surface area contributed by atoms with Gasteiger partial charge in [-0.3, -0.25) is 0 Å². The third-order valence-electron chi connectivity index (χ3n) is 2.70. The lowest BCUT2D eigenvalue weighted by molar-refractivity contribution is 0.233. The molecule has 1 aromatic heterocycles. The van der Waals surface area contributed by atoms with Gasteiger partial charge in [-0.05, 0) is 19.3 Å². The van der Waals surface area contributed by atoms with E-state index in [0.717, 1.165) is 24.1 Å². The van der Waals surface area contributed by atoms with Crippen LogP contribution in [0.25, 0.3) is 0 Å². The number of hydrogen-bond acceptors (Lipinski definition) is 3. The minimum atomic E-state index is 0.341. The first-order chi connectivity index (χ1) is 7.97. The highest BCUT2D eigenvalue weighted by Gasteiger charge is 2.17. The van der Waals surface area contributed by atoms with Crippen LogP contribution in [0.3, 0.4) is 0 Å². The number of nitrogens with two attached hydrogens (primary N) is 1. The van der Waals surface area contributed by atoms with Crippen molar-refractivity contribution in [3.8, 4) is 5.88 Å². The molecule has 0 aliphatic rings. The molecule has 1 unspecified atom stereocenters. The van der Waals surface area contributed by atoms with Gasteiger partial charge in [0.05, 0.1) is 17.9 Å². The summed E-state index contributed by atoms with van der Waals surface area (Å²) in [5.41, 5.74) is 7.27. The summed E-state index contributed by atoms with van der Waals surface area (Å²) in [7, 11) is 1.84. The van der Waals surface area contributed by atoms with Gasteiger partial charge in [0.25, 0.3) is 0 Å². The SMILES string of the molecule is CCCC(C)COc1c(C(N)=S)c(C)nn1C. The fourth-order valence-corrected chi connectivity index (χ4v) is 2.12. The Balaban J connectivity index is 2.80. The Kier molecular flexibility index (Phi) is 4.93. The van der Waals surface area contributed by atoms with Gasteiger partial charge < -0.3 is 10.5 Å². The van der Waals surface area contributed by atoms with Crippen molar-refractivity contribution in [3.05, 3.63) is 11.3 Å². The van der Waals surface area contributed by atoms with Gasteiger partial charge in [-0.15, -0.1) is 0 Å². The van der Waals surface area contributed by atoms with E-state index < -0.39 is 0 Å². The number of thiocarbonyl (C=S) groups is 1. The van der Waals surface area contributed by atoms with E-state index in [1.54, 1.807) is 4.68 Å². The number of rotatable bonds is 6. The van der Waals surface area contributed by atoms with E-state index in [4.69, 9.17) is 22.7 Å². The van der Waals surface area contributed by atoms with Gasteiger partial charge in [-0.1, -0.05) is 32.5 Å². The third kappa shape index (κ3) is 3.43. The Labute approximate surface area is 108 Å². The van der Waals surface area contributed by atoms with E-state index >= 15 is 0 Å². The normalized spacial score (nSPS) is 12.5. The molecule has 0 spiro atoms. The summed E-state index contributed by atoms with van der Waals surface area (Å²) in [4.78, 5) is 0.341. The van der Waals surface area contributed by atoms with Crippen molar-refractivity contribution in [1.29, 1.82) is 0 Å². The summed E-state index contributed by atoms with van der Waals surface area (Å²) >= 11 is 5.03. The number of aryl methyl sites for hydroxylation is 2. The molecule has 1 atom stereocenters. The smallest absolute Gasteiger partial charge is 0.222 e. The van der Waals surface area contributed by atoms with Gasteiger partial charge in [-0.25, -0.2) is 4.68 Å². The van der Waals surface area contributed by atoms with Crippen molar-refractivity contribution < 1.29 is 4.74 Å². The molecule has 0 aliphatic heterocycles. The standard InChI is InChI=1S/C12H21N3OS/c1-5-6-8(2)7-16-12-10(11(13)17)9(3)14-15(12)4/h8H,5-7H2,1-4H3,(H2,13,17). The van der Waals surface area contributed by atoms with Crippen molar-refractivity contribution in [2.75, 3.05) is 6.61 Å². The number of ether oxygens (including phenoxy) is 1. The average Bonchev–Trinajstić information content (AvgIpc) is 2.50. The van der Waals surface area contributed by atoms with Crippen molar-refractivity contribution in [3.63, 3.8) is 0 Å². The van der Waals surface area contributed by atoms with Crippen LogP contribution in [0, 0.1) is 12.8 Å². The lowest BCUT2D eigenvalue weighted by Gasteiger charge is -2.13. The van der Waals surface area contributed by atoms with Gasteiger partial charge in [0.15, 0.2) is 0 Å². The van der Waals surface area contributed by atoms with Gasteiger partial charge >= 0.3 is 0 Å². The van der Waals surface area contributed by atoms with Crippen LogP contribution in [-0.2, 0) is 7.05 Å². The molecule has 17 heavy (non-hydrogen) atoms. The van der Waals surface area contributed by atoms with Crippen molar-refractivity contribution in [1.82, 2.24) is 9.78 Å². The summed E-state index contributed by atoms with van der Waals surface area (Å²) in [5, 5.41) is 4.28. The third-order valence-corrected chi connectivity index (χ3v) is 2.91. The van der Waals surface area contributed by atoms with Gasteiger partial charge in [0.2, 0.25) is 5.88 Å². The highest BCUT2D eigenvalue weighted by Crippen LogP contribution is 2.22. The molecule has 0 saturated heterocycles. The van der Waals surface area contributed by atoms with Gasteiger partial charge in [0.1, 0.15) is 4.99 Å². The largest absolute Gasteiger partial charge is 0.477 e. The van der Waals surface area contributed by atoms with Crippen molar-refractivity contribution in [2.24, 2.45) is 18.7 Å². The van der Waals surface area contributed by atoms with Crippen molar-refractivity contribution in [2.45, 2.75) is 33.6 Å². The molecule has 0 aromatic carbocycles. The van der Waals surface area contributed by atoms with Crippen LogP contribution in [0.4, 0.5) is 0 Å². The van der Waals surface area contributed by atoms with Crippen LogP contribution in [-0.4, -0.2) is 21.4 Å². The molecule has 1 heterocycles. The molecular weight excluding hydrogens is 234 g/mol. The van der Waals surface area contributed by atoms with Crippen LogP contribution in [0.2, 0.25) is 0 Å². The van der Waals surface area contributed by atoms with E-state index in [9.17, 15) is 0 Å². The molecule has 0 amide bonds. The molecule has 0 radical (unpaired) electrons. The van der Waals surface area contributed by atoms with Crippen LogP contribution in [0.5, 0.6) is 5.88 Å². The fraction of sp³-hybridized carbons (Fsp3) is 0.667. The Morgan fingerprint density at radius 1 is 1.59 bits per heavy atom. The second kappa shape index (κ2) is 6.00. The highest BCUT2D eigenvalue weighted by atomic mass is 32.1. The van der Waals surface area contributed by atoms with Gasteiger partial charge in [0, 0.05) is 7.05 Å². The Hall–Kier alpha value is -1.10. The maximum absolute atomic E-state index is 5.80. The number of hydrogen-bond donors (Lipinski definition) is 1. The quantitative estimate of drug-likeness (QED) is 0.792. The molecular formula is C12H21N3OS. The molecule has 0 aliphatic carbocycles. The predicted octanol–water partition coefficient (Wildman–Crippen LogP) is 2.18. The monoisotopic (exact) mass is 255 g/mol. The topological polar surface area (TPSA) is 53.1 Å². The zero-order valence-corrected chi connectivity index (χ0v) is 11.8. The molecule has 2 N–H and O–H groups in total. The average molecular weight is 255 g/mol. The highest BCUT2D eigenvalue weighted by molar-refractivity contribution is 7.80. The summed E-state index contributed by atoms with van der Waals surface area (Å²) in [6, 6.07) is 0. The zero-order valence-electron chi connectivity index (χ0n) is 11.0. The number of nitrogens with zero attached hydrogens (tertiary/aromatic N) is 2. The van der Waals surface area contributed by atoms with Crippen molar-refractivity contribution >= 4 is 17.2 Å². The zero-order chi connectivity index (χ0) is 13.0. The second-order valence-electron chi connectivity index (χ2n) is 4.46. The first kappa shape index (κ1) is 14.0. The molecule has 96 valence electrons. The van der Waals surface area contributed by atoms with E-state index in [1.165, 1.54) is 0 Å². The molecule has 1 rings (SSSR count).